The summed E-state index contributed by atoms with van der Waals surface area (Å²) in [5, 5.41) is 10.1. The fourth-order valence-corrected chi connectivity index (χ4v) is 2.10. The Morgan fingerprint density at radius 1 is 0.952 bits per heavy atom. The van der Waals surface area contributed by atoms with Crippen molar-refractivity contribution in [3.05, 3.63) is 52.5 Å². The van der Waals surface area contributed by atoms with Gasteiger partial charge in [0.2, 0.25) is 12.2 Å². The topological polar surface area (TPSA) is 79.1 Å². The lowest BCUT2D eigenvalue weighted by molar-refractivity contribution is 0.476. The molecular weight excluding hydrogens is 292 g/mol. The van der Waals surface area contributed by atoms with Crippen molar-refractivity contribution < 1.29 is 14.7 Å². The SMILES string of the molecule is O=C=Nc1ccc(Cc2ccc(N=C=O)c(Cl)c2)cc1O. The third-order valence-corrected chi connectivity index (χ3v) is 3.10. The van der Waals surface area contributed by atoms with E-state index in [4.69, 9.17) is 11.6 Å². The molecule has 104 valence electrons. The molecule has 0 saturated heterocycles. The second-order valence-corrected chi connectivity index (χ2v) is 4.60. The number of nitrogens with zero attached hydrogens (tertiary/aromatic N) is 2. The van der Waals surface area contributed by atoms with Gasteiger partial charge in [-0.15, -0.1) is 0 Å². The van der Waals surface area contributed by atoms with E-state index in [1.54, 1.807) is 24.3 Å². The van der Waals surface area contributed by atoms with Crippen LogP contribution in [0.15, 0.2) is 46.4 Å². The quantitative estimate of drug-likeness (QED) is 0.692. The minimum absolute atomic E-state index is 0.0934. The molecule has 6 heteroatoms. The molecule has 1 N–H and O–H groups in total. The highest BCUT2D eigenvalue weighted by Crippen LogP contribution is 2.29. The molecule has 5 nitrogen and oxygen atoms in total. The van der Waals surface area contributed by atoms with Crippen molar-refractivity contribution in [2.45, 2.75) is 6.42 Å². The third-order valence-electron chi connectivity index (χ3n) is 2.79. The molecule has 0 radical (unpaired) electrons. The third kappa shape index (κ3) is 3.65. The number of aliphatic imine (C=N–C) groups is 2. The average Bonchev–Trinajstić information content (AvgIpc) is 2.45. The van der Waals surface area contributed by atoms with Crippen molar-refractivity contribution in [1.29, 1.82) is 0 Å². The van der Waals surface area contributed by atoms with Gasteiger partial charge >= 0.3 is 0 Å². The van der Waals surface area contributed by atoms with Crippen LogP contribution in [0, 0.1) is 0 Å². The van der Waals surface area contributed by atoms with Crippen LogP contribution in [0.1, 0.15) is 11.1 Å². The number of halogens is 1. The van der Waals surface area contributed by atoms with Crippen LogP contribution in [0.5, 0.6) is 5.75 Å². The van der Waals surface area contributed by atoms with Gasteiger partial charge in [-0.3, -0.25) is 0 Å². The second-order valence-electron chi connectivity index (χ2n) is 4.19. The summed E-state index contributed by atoms with van der Waals surface area (Å²) in [6.45, 7) is 0. The molecule has 2 aromatic carbocycles. The van der Waals surface area contributed by atoms with Gasteiger partial charge < -0.3 is 5.11 Å². The number of benzene rings is 2. The molecule has 2 rings (SSSR count). The van der Waals surface area contributed by atoms with Gasteiger partial charge in [-0.05, 0) is 41.8 Å². The van der Waals surface area contributed by atoms with Crippen molar-refractivity contribution in [3.63, 3.8) is 0 Å². The molecule has 0 unspecified atom stereocenters. The Bertz CT molecular complexity index is 711. The maximum Gasteiger partial charge on any atom is 0.240 e. The average molecular weight is 301 g/mol. The number of rotatable bonds is 4. The van der Waals surface area contributed by atoms with Crippen LogP contribution in [0.2, 0.25) is 5.02 Å². The number of aromatic hydroxyl groups is 1. The van der Waals surface area contributed by atoms with E-state index in [0.29, 0.717) is 17.1 Å². The van der Waals surface area contributed by atoms with E-state index in [0.717, 1.165) is 11.1 Å². The predicted octanol–water partition coefficient (Wildman–Crippen LogP) is 3.57. The van der Waals surface area contributed by atoms with E-state index < -0.39 is 0 Å². The summed E-state index contributed by atoms with van der Waals surface area (Å²) in [7, 11) is 0. The molecule has 0 aliphatic rings. The lowest BCUT2D eigenvalue weighted by Gasteiger charge is -2.05. The van der Waals surface area contributed by atoms with Crippen molar-refractivity contribution in [1.82, 2.24) is 0 Å². The van der Waals surface area contributed by atoms with Crippen LogP contribution in [-0.4, -0.2) is 17.3 Å². The van der Waals surface area contributed by atoms with E-state index in [-0.39, 0.29) is 11.4 Å². The summed E-state index contributed by atoms with van der Waals surface area (Å²) in [4.78, 5) is 27.2. The van der Waals surface area contributed by atoms with Gasteiger partial charge in [0.15, 0.2) is 0 Å². The summed E-state index contributed by atoms with van der Waals surface area (Å²) in [6.07, 6.45) is 3.33. The van der Waals surface area contributed by atoms with Crippen LogP contribution in [0.25, 0.3) is 0 Å². The van der Waals surface area contributed by atoms with Crippen LogP contribution in [0.3, 0.4) is 0 Å². The zero-order valence-corrected chi connectivity index (χ0v) is 11.5. The first-order chi connectivity index (χ1) is 10.1. The van der Waals surface area contributed by atoms with Crippen LogP contribution >= 0.6 is 11.6 Å². The minimum atomic E-state index is -0.0934. The van der Waals surface area contributed by atoms with Crippen LogP contribution in [0.4, 0.5) is 11.4 Å². The first kappa shape index (κ1) is 14.7. The lowest BCUT2D eigenvalue weighted by atomic mass is 10.0. The minimum Gasteiger partial charge on any atom is -0.506 e. The Labute approximate surface area is 125 Å². The van der Waals surface area contributed by atoms with E-state index in [1.807, 2.05) is 0 Å². The zero-order valence-electron chi connectivity index (χ0n) is 10.7. The number of phenolic OH excluding ortho intramolecular Hbond substituents is 1. The van der Waals surface area contributed by atoms with Crippen molar-refractivity contribution >= 4 is 35.1 Å². The van der Waals surface area contributed by atoms with Gasteiger partial charge in [-0.2, -0.15) is 9.98 Å². The molecule has 0 aliphatic carbocycles. The van der Waals surface area contributed by atoms with Gasteiger partial charge in [0, 0.05) is 0 Å². The normalized spacial score (nSPS) is 9.57. The summed E-state index contributed by atoms with van der Waals surface area (Å²) < 4.78 is 0. The first-order valence-electron chi connectivity index (χ1n) is 5.90. The van der Waals surface area contributed by atoms with Crippen molar-refractivity contribution in [3.8, 4) is 5.75 Å². The van der Waals surface area contributed by atoms with Crippen molar-refractivity contribution in [2.24, 2.45) is 9.98 Å². The molecule has 0 aliphatic heterocycles. The maximum atomic E-state index is 10.2. The van der Waals surface area contributed by atoms with Crippen LogP contribution < -0.4 is 0 Å². The monoisotopic (exact) mass is 300 g/mol. The molecule has 0 atom stereocenters. The molecule has 0 spiro atoms. The Morgan fingerprint density at radius 3 is 2.10 bits per heavy atom. The summed E-state index contributed by atoms with van der Waals surface area (Å²) >= 11 is 5.99. The number of hydrogen-bond acceptors (Lipinski definition) is 5. The molecule has 0 saturated carbocycles. The highest BCUT2D eigenvalue weighted by atomic mass is 35.5. The van der Waals surface area contributed by atoms with Gasteiger partial charge in [-0.25, -0.2) is 9.59 Å². The van der Waals surface area contributed by atoms with Gasteiger partial charge in [0.1, 0.15) is 11.4 Å². The number of carbonyl (C=O) groups excluding carboxylic acids is 2. The molecule has 0 fully saturated rings. The van der Waals surface area contributed by atoms with E-state index in [9.17, 15) is 14.7 Å². The molecule has 0 amide bonds. The van der Waals surface area contributed by atoms with Crippen molar-refractivity contribution in [2.75, 3.05) is 0 Å². The van der Waals surface area contributed by atoms with Crippen LogP contribution in [-0.2, 0) is 16.0 Å². The molecule has 0 heterocycles. The summed E-state index contributed by atoms with van der Waals surface area (Å²) in [5.74, 6) is -0.0934. The second kappa shape index (κ2) is 6.64. The van der Waals surface area contributed by atoms with Gasteiger partial charge in [0.05, 0.1) is 10.7 Å². The number of hydrogen-bond donors (Lipinski definition) is 1. The van der Waals surface area contributed by atoms with E-state index in [2.05, 4.69) is 9.98 Å². The molecular formula is C15H9ClN2O3. The fourth-order valence-electron chi connectivity index (χ4n) is 1.86. The Balaban J connectivity index is 2.26. The van der Waals surface area contributed by atoms with E-state index >= 15 is 0 Å². The molecule has 0 aromatic heterocycles. The Morgan fingerprint density at radius 2 is 1.52 bits per heavy atom. The lowest BCUT2D eigenvalue weighted by Crippen LogP contribution is -1.88. The molecule has 0 bridgehead atoms. The largest absolute Gasteiger partial charge is 0.506 e. The number of phenols is 1. The smallest absolute Gasteiger partial charge is 0.240 e. The summed E-state index contributed by atoms with van der Waals surface area (Å²) in [5.41, 5.74) is 2.23. The van der Waals surface area contributed by atoms with Gasteiger partial charge in [-0.1, -0.05) is 23.7 Å². The predicted molar refractivity (Wildman–Crippen MR) is 77.9 cm³/mol. The first-order valence-corrected chi connectivity index (χ1v) is 6.28. The maximum absolute atomic E-state index is 10.2. The standard InChI is InChI=1S/C15H9ClN2O3/c16-12-6-10(1-3-13(12)17-8-19)5-11-2-4-14(18-9-20)15(21)7-11/h1-4,6-7,21H,5H2. The number of isocyanates is 2. The zero-order chi connectivity index (χ0) is 15.2. The Hall–Kier alpha value is -2.71. The highest BCUT2D eigenvalue weighted by Gasteiger charge is 2.05. The van der Waals surface area contributed by atoms with Gasteiger partial charge in [0.25, 0.3) is 0 Å². The molecule has 21 heavy (non-hydrogen) atoms. The van der Waals surface area contributed by atoms with E-state index in [1.165, 1.54) is 24.3 Å². The Kier molecular flexibility index (Phi) is 4.64. The summed E-state index contributed by atoms with van der Waals surface area (Å²) in [6, 6.07) is 9.86. The molecule has 2 aromatic rings. The highest BCUT2D eigenvalue weighted by molar-refractivity contribution is 6.33. The fraction of sp³-hybridized carbons (Fsp3) is 0.0667.